The molecule has 1 saturated heterocycles. The number of anilines is 2. The number of benzene rings is 1. The topological polar surface area (TPSA) is 49.5 Å². The fourth-order valence-corrected chi connectivity index (χ4v) is 3.02. The summed E-state index contributed by atoms with van der Waals surface area (Å²) in [6, 6.07) is 6.06. The number of hydrogen-bond donors (Lipinski definition) is 2. The van der Waals surface area contributed by atoms with E-state index in [1.165, 1.54) is 9.26 Å². The molecule has 0 atom stereocenters. The molecule has 88 valence electrons. The molecule has 2 rings (SSSR count). The van der Waals surface area contributed by atoms with Gasteiger partial charge in [0.25, 0.3) is 0 Å². The number of nitrogens with zero attached hydrogens (tertiary/aromatic N) is 1. The largest absolute Gasteiger partial charge is 0.399 e. The first-order chi connectivity index (χ1) is 7.70. The SMILES string of the molecule is Nc1ccc(N2CCC(CO)CC2)c(I)c1. The number of nitrogens with two attached hydrogens (primary N) is 1. The second-order valence-electron chi connectivity index (χ2n) is 4.32. The molecule has 4 heteroatoms. The van der Waals surface area contributed by atoms with Gasteiger partial charge in [-0.15, -0.1) is 0 Å². The first-order valence-electron chi connectivity index (χ1n) is 5.61. The van der Waals surface area contributed by atoms with Crippen LogP contribution in [0.15, 0.2) is 18.2 Å². The Labute approximate surface area is 110 Å². The van der Waals surface area contributed by atoms with Gasteiger partial charge in [-0.2, -0.15) is 0 Å². The van der Waals surface area contributed by atoms with Crippen LogP contribution in [0.2, 0.25) is 0 Å². The maximum Gasteiger partial charge on any atom is 0.0503 e. The van der Waals surface area contributed by atoms with Crippen LogP contribution in [-0.2, 0) is 0 Å². The van der Waals surface area contributed by atoms with Crippen LogP contribution in [0.4, 0.5) is 11.4 Å². The minimum Gasteiger partial charge on any atom is -0.399 e. The predicted molar refractivity (Wildman–Crippen MR) is 75.6 cm³/mol. The lowest BCUT2D eigenvalue weighted by molar-refractivity contribution is 0.203. The van der Waals surface area contributed by atoms with E-state index >= 15 is 0 Å². The van der Waals surface area contributed by atoms with Crippen LogP contribution < -0.4 is 10.6 Å². The van der Waals surface area contributed by atoms with Crippen LogP contribution in [-0.4, -0.2) is 24.8 Å². The van der Waals surface area contributed by atoms with Gasteiger partial charge in [-0.25, -0.2) is 0 Å². The van der Waals surface area contributed by atoms with Crippen LogP contribution >= 0.6 is 22.6 Å². The molecule has 1 aromatic rings. The van der Waals surface area contributed by atoms with Gasteiger partial charge in [0.15, 0.2) is 0 Å². The van der Waals surface area contributed by atoms with Gasteiger partial charge in [0.05, 0.1) is 5.69 Å². The lowest BCUT2D eigenvalue weighted by atomic mass is 9.97. The van der Waals surface area contributed by atoms with Crippen LogP contribution in [0.5, 0.6) is 0 Å². The fraction of sp³-hybridized carbons (Fsp3) is 0.500. The van der Waals surface area contributed by atoms with Crippen LogP contribution in [0.3, 0.4) is 0 Å². The Morgan fingerprint density at radius 3 is 2.62 bits per heavy atom. The van der Waals surface area contributed by atoms with E-state index in [0.717, 1.165) is 31.6 Å². The smallest absolute Gasteiger partial charge is 0.0503 e. The van der Waals surface area contributed by atoms with E-state index < -0.39 is 0 Å². The van der Waals surface area contributed by atoms with Crippen molar-refractivity contribution in [3.05, 3.63) is 21.8 Å². The number of aliphatic hydroxyl groups is 1. The first kappa shape index (κ1) is 12.0. The summed E-state index contributed by atoms with van der Waals surface area (Å²) in [5, 5.41) is 9.10. The van der Waals surface area contributed by atoms with Crippen molar-refractivity contribution in [1.82, 2.24) is 0 Å². The number of halogens is 1. The molecular formula is C12H17IN2O. The summed E-state index contributed by atoms with van der Waals surface area (Å²) in [7, 11) is 0. The summed E-state index contributed by atoms with van der Waals surface area (Å²) >= 11 is 2.33. The first-order valence-corrected chi connectivity index (χ1v) is 6.69. The Bertz CT molecular complexity index is 362. The molecule has 0 aromatic heterocycles. The molecule has 3 N–H and O–H groups in total. The average Bonchev–Trinajstić information content (AvgIpc) is 2.29. The fourth-order valence-electron chi connectivity index (χ4n) is 2.14. The molecule has 3 nitrogen and oxygen atoms in total. The lowest BCUT2D eigenvalue weighted by Crippen LogP contribution is -2.35. The molecule has 0 saturated carbocycles. The van der Waals surface area contributed by atoms with Gasteiger partial charge in [-0.1, -0.05) is 0 Å². The Kier molecular flexibility index (Phi) is 3.91. The number of rotatable bonds is 2. The number of hydrogen-bond acceptors (Lipinski definition) is 3. The number of aliphatic hydroxyl groups excluding tert-OH is 1. The molecule has 16 heavy (non-hydrogen) atoms. The summed E-state index contributed by atoms with van der Waals surface area (Å²) in [5.41, 5.74) is 7.83. The van der Waals surface area contributed by atoms with Crippen molar-refractivity contribution in [2.75, 3.05) is 30.3 Å². The Balaban J connectivity index is 2.08. The van der Waals surface area contributed by atoms with Gasteiger partial charge in [-0.05, 0) is 59.5 Å². The molecule has 1 heterocycles. The summed E-state index contributed by atoms with van der Waals surface area (Å²) in [4.78, 5) is 2.38. The van der Waals surface area contributed by atoms with Crippen molar-refractivity contribution in [3.63, 3.8) is 0 Å². The van der Waals surface area contributed by atoms with Gasteiger partial charge in [-0.3, -0.25) is 0 Å². The second kappa shape index (κ2) is 5.23. The Hall–Kier alpha value is -0.490. The van der Waals surface area contributed by atoms with Gasteiger partial charge >= 0.3 is 0 Å². The average molecular weight is 332 g/mol. The van der Waals surface area contributed by atoms with Crippen LogP contribution in [0.1, 0.15) is 12.8 Å². The van der Waals surface area contributed by atoms with Crippen molar-refractivity contribution in [3.8, 4) is 0 Å². The van der Waals surface area contributed by atoms with E-state index in [1.807, 2.05) is 12.1 Å². The van der Waals surface area contributed by atoms with Gasteiger partial charge < -0.3 is 15.7 Å². The van der Waals surface area contributed by atoms with E-state index in [2.05, 4.69) is 33.6 Å². The number of piperidine rings is 1. The highest BCUT2D eigenvalue weighted by Gasteiger charge is 2.19. The maximum absolute atomic E-state index is 9.10. The number of nitrogen functional groups attached to an aromatic ring is 1. The predicted octanol–water partition coefficient (Wildman–Crippen LogP) is 2.08. The second-order valence-corrected chi connectivity index (χ2v) is 5.49. The molecule has 0 amide bonds. The standard InChI is InChI=1S/C12H17IN2O/c13-11-7-10(14)1-2-12(11)15-5-3-9(8-16)4-6-15/h1-2,7,9,16H,3-6,8,14H2. The third-order valence-electron chi connectivity index (χ3n) is 3.19. The van der Waals surface area contributed by atoms with E-state index in [-0.39, 0.29) is 0 Å². The minimum absolute atomic E-state index is 0.326. The van der Waals surface area contributed by atoms with E-state index in [4.69, 9.17) is 10.8 Å². The van der Waals surface area contributed by atoms with Crippen molar-refractivity contribution in [1.29, 1.82) is 0 Å². The van der Waals surface area contributed by atoms with Crippen LogP contribution in [0, 0.1) is 9.49 Å². The Morgan fingerprint density at radius 2 is 2.06 bits per heavy atom. The highest BCUT2D eigenvalue weighted by atomic mass is 127. The minimum atomic E-state index is 0.326. The molecule has 0 spiro atoms. The molecular weight excluding hydrogens is 315 g/mol. The quantitative estimate of drug-likeness (QED) is 0.644. The third kappa shape index (κ3) is 2.60. The molecule has 1 aliphatic heterocycles. The van der Waals surface area contributed by atoms with E-state index in [0.29, 0.717) is 12.5 Å². The third-order valence-corrected chi connectivity index (χ3v) is 4.05. The zero-order valence-corrected chi connectivity index (χ0v) is 11.4. The van der Waals surface area contributed by atoms with Gasteiger partial charge in [0, 0.05) is 29.0 Å². The summed E-state index contributed by atoms with van der Waals surface area (Å²) in [6.07, 6.45) is 2.16. The molecule has 1 aliphatic rings. The molecule has 0 bridgehead atoms. The van der Waals surface area contributed by atoms with Crippen molar-refractivity contribution >= 4 is 34.0 Å². The van der Waals surface area contributed by atoms with Crippen molar-refractivity contribution in [2.24, 2.45) is 5.92 Å². The zero-order valence-electron chi connectivity index (χ0n) is 9.19. The summed E-state index contributed by atoms with van der Waals surface area (Å²) in [5.74, 6) is 0.489. The monoisotopic (exact) mass is 332 g/mol. The normalized spacial score (nSPS) is 17.8. The van der Waals surface area contributed by atoms with Gasteiger partial charge in [0.2, 0.25) is 0 Å². The van der Waals surface area contributed by atoms with Crippen molar-refractivity contribution in [2.45, 2.75) is 12.8 Å². The molecule has 0 unspecified atom stereocenters. The van der Waals surface area contributed by atoms with E-state index in [1.54, 1.807) is 0 Å². The summed E-state index contributed by atoms with van der Waals surface area (Å²) < 4.78 is 1.21. The van der Waals surface area contributed by atoms with E-state index in [9.17, 15) is 0 Å². The van der Waals surface area contributed by atoms with Gasteiger partial charge in [0.1, 0.15) is 0 Å². The summed E-state index contributed by atoms with van der Waals surface area (Å²) in [6.45, 7) is 2.39. The molecule has 1 fully saturated rings. The van der Waals surface area contributed by atoms with Crippen molar-refractivity contribution < 1.29 is 5.11 Å². The highest BCUT2D eigenvalue weighted by Crippen LogP contribution is 2.28. The molecule has 0 aliphatic carbocycles. The maximum atomic E-state index is 9.10. The lowest BCUT2D eigenvalue weighted by Gasteiger charge is -2.33. The molecule has 1 aromatic carbocycles. The highest BCUT2D eigenvalue weighted by molar-refractivity contribution is 14.1. The van der Waals surface area contributed by atoms with Crippen LogP contribution in [0.25, 0.3) is 0 Å². The zero-order chi connectivity index (χ0) is 11.5. The molecule has 0 radical (unpaired) electrons. The Morgan fingerprint density at radius 1 is 1.38 bits per heavy atom.